The third kappa shape index (κ3) is 8.47. The highest BCUT2D eigenvalue weighted by molar-refractivity contribution is 5.96. The fourth-order valence-corrected chi connectivity index (χ4v) is 10.4. The molecule has 1 aliphatic heterocycles. The van der Waals surface area contributed by atoms with Crippen LogP contribution in [0.4, 0.5) is 0 Å². The molecule has 5 aliphatic rings. The fraction of sp³-hybridized carbons (Fsp3) is 0.674. The Hall–Kier alpha value is -3.02. The number of carbonyl (C=O) groups excluding carboxylic acids is 2. The standard InChI is InChI=1S/C43H64N4O6/c1-26-35-21-32(43(35,3)4)22-36(26)45-42(51)39-38(27(2)49)37(25-48)53-47(39)23-31-17-12-18-34(40(31)52-7)29-15-11-16-30(20-29)41(50)44-33(24-46(5)6)19-28-13-9-8-10-14-28/h11-12,15-18,20,26-28,32-33,35-39,48-49H,8-10,13-14,19,21-25H2,1-7H3,(H,44,50)(H,45,51)/t26-,27-,32+,33-,35-,36-,37-,38+,39-/m0/s1. The number of benzene rings is 2. The van der Waals surface area contributed by atoms with Gasteiger partial charge in [-0.05, 0) is 87.1 Å². The van der Waals surface area contributed by atoms with Gasteiger partial charge in [0.25, 0.3) is 5.91 Å². The Morgan fingerprint density at radius 3 is 2.47 bits per heavy atom. The molecule has 2 aromatic rings. The Labute approximate surface area is 316 Å². The number of aliphatic hydroxyl groups is 2. The van der Waals surface area contributed by atoms with Gasteiger partial charge in [-0.25, -0.2) is 0 Å². The highest BCUT2D eigenvalue weighted by Crippen LogP contribution is 2.61. The number of ether oxygens (including phenoxy) is 1. The summed E-state index contributed by atoms with van der Waals surface area (Å²) in [6, 6.07) is 12.8. The maximum absolute atomic E-state index is 14.2. The molecule has 1 heterocycles. The Bertz CT molecular complexity index is 1570. The molecule has 0 spiro atoms. The number of nitrogens with one attached hydrogen (secondary N) is 2. The predicted molar refractivity (Wildman–Crippen MR) is 207 cm³/mol. The van der Waals surface area contributed by atoms with Crippen molar-refractivity contribution in [3.05, 3.63) is 53.6 Å². The van der Waals surface area contributed by atoms with Gasteiger partial charge in [0.2, 0.25) is 5.91 Å². The number of para-hydroxylation sites is 1. The van der Waals surface area contributed by atoms with E-state index >= 15 is 0 Å². The van der Waals surface area contributed by atoms with E-state index in [1.54, 1.807) is 19.1 Å². The SMILES string of the molecule is COc1c(CN2O[C@@H](CO)[C@@H]([C@H](C)O)[C@H]2C(=O)N[C@H]2C[C@H]3C[C@@H]([C@@H]2C)C3(C)C)cccc1-c1cccc(C(=O)N[C@@H](CC2CCCCC2)CN(C)C)c1. The van der Waals surface area contributed by atoms with Crippen LogP contribution in [0.3, 0.4) is 0 Å². The molecule has 0 unspecified atom stereocenters. The molecule has 4 saturated carbocycles. The Morgan fingerprint density at radius 2 is 1.83 bits per heavy atom. The van der Waals surface area contributed by atoms with Gasteiger partial charge in [0.15, 0.2) is 0 Å². The lowest BCUT2D eigenvalue weighted by atomic mass is 9.45. The van der Waals surface area contributed by atoms with E-state index in [9.17, 15) is 19.8 Å². The summed E-state index contributed by atoms with van der Waals surface area (Å²) in [5.41, 5.74) is 3.32. The predicted octanol–water partition coefficient (Wildman–Crippen LogP) is 5.65. The molecule has 0 aromatic heterocycles. The first kappa shape index (κ1) is 39.7. The zero-order chi connectivity index (χ0) is 38.0. The number of amides is 2. The van der Waals surface area contributed by atoms with Crippen LogP contribution in [-0.2, 0) is 16.2 Å². The number of nitrogens with zero attached hydrogens (tertiary/aromatic N) is 2. The molecule has 2 amide bonds. The van der Waals surface area contributed by atoms with Crippen molar-refractivity contribution in [3.8, 4) is 16.9 Å². The average molecular weight is 733 g/mol. The van der Waals surface area contributed by atoms with Crippen LogP contribution in [0.2, 0.25) is 0 Å². The van der Waals surface area contributed by atoms with Crippen LogP contribution in [-0.4, -0.2) is 96.7 Å². The lowest BCUT2D eigenvalue weighted by Gasteiger charge is -2.62. The highest BCUT2D eigenvalue weighted by Gasteiger charge is 2.57. The van der Waals surface area contributed by atoms with Gasteiger partial charge in [-0.2, -0.15) is 5.06 Å². The maximum Gasteiger partial charge on any atom is 0.251 e. The van der Waals surface area contributed by atoms with Crippen LogP contribution >= 0.6 is 0 Å². The number of likely N-dealkylation sites (N-methyl/N-ethyl adjacent to an activating group) is 1. The number of fused-ring (bicyclic) bond motifs is 2. The molecule has 0 radical (unpaired) electrons. The molecule has 10 heteroatoms. The van der Waals surface area contributed by atoms with Gasteiger partial charge in [0.1, 0.15) is 17.9 Å². The third-order valence-electron chi connectivity index (χ3n) is 13.4. The summed E-state index contributed by atoms with van der Waals surface area (Å²) >= 11 is 0. The van der Waals surface area contributed by atoms with Crippen molar-refractivity contribution in [2.24, 2.45) is 35.0 Å². The van der Waals surface area contributed by atoms with Crippen LogP contribution in [0.25, 0.3) is 11.1 Å². The summed E-state index contributed by atoms with van der Waals surface area (Å²) < 4.78 is 6.04. The van der Waals surface area contributed by atoms with Gasteiger partial charge >= 0.3 is 0 Å². The van der Waals surface area contributed by atoms with E-state index in [2.05, 4.69) is 50.4 Å². The average Bonchev–Trinajstić information content (AvgIpc) is 3.51. The minimum absolute atomic E-state index is 0.0525. The van der Waals surface area contributed by atoms with Gasteiger partial charge in [0.05, 0.1) is 26.4 Å². The molecule has 7 rings (SSSR count). The molecule has 53 heavy (non-hydrogen) atoms. The van der Waals surface area contributed by atoms with Gasteiger partial charge in [0, 0.05) is 41.2 Å². The van der Waals surface area contributed by atoms with Crippen molar-refractivity contribution in [2.45, 2.75) is 116 Å². The quantitative estimate of drug-likeness (QED) is 0.197. The first-order chi connectivity index (χ1) is 25.3. The normalized spacial score (nSPS) is 29.7. The first-order valence-corrected chi connectivity index (χ1v) is 20.1. The van der Waals surface area contributed by atoms with Gasteiger partial charge in [-0.3, -0.25) is 14.4 Å². The largest absolute Gasteiger partial charge is 0.496 e. The minimum Gasteiger partial charge on any atom is -0.496 e. The molecule has 1 saturated heterocycles. The van der Waals surface area contributed by atoms with E-state index in [1.165, 1.54) is 38.5 Å². The van der Waals surface area contributed by atoms with Crippen molar-refractivity contribution in [1.29, 1.82) is 0 Å². The lowest BCUT2D eigenvalue weighted by molar-refractivity contribution is -0.183. The molecule has 9 atom stereocenters. The molecule has 5 fully saturated rings. The van der Waals surface area contributed by atoms with Gasteiger partial charge < -0.3 is 30.5 Å². The fourth-order valence-electron chi connectivity index (χ4n) is 10.4. The van der Waals surface area contributed by atoms with Crippen LogP contribution in [0.1, 0.15) is 95.0 Å². The molecular weight excluding hydrogens is 668 g/mol. The van der Waals surface area contributed by atoms with Gasteiger partial charge in [-0.1, -0.05) is 83.2 Å². The van der Waals surface area contributed by atoms with Crippen molar-refractivity contribution in [2.75, 3.05) is 34.4 Å². The van der Waals surface area contributed by atoms with Gasteiger partial charge in [-0.15, -0.1) is 0 Å². The molecule has 2 aromatic carbocycles. The van der Waals surface area contributed by atoms with E-state index in [0.717, 1.165) is 36.1 Å². The molecule has 2 bridgehead atoms. The number of hydrogen-bond donors (Lipinski definition) is 4. The summed E-state index contributed by atoms with van der Waals surface area (Å²) in [4.78, 5) is 36.3. The Kier molecular flexibility index (Phi) is 12.6. The summed E-state index contributed by atoms with van der Waals surface area (Å²) in [6.45, 7) is 9.25. The number of hydroxylamine groups is 2. The van der Waals surface area contributed by atoms with Crippen molar-refractivity contribution < 1.29 is 29.4 Å². The zero-order valence-corrected chi connectivity index (χ0v) is 33.0. The topological polar surface area (TPSA) is 124 Å². The smallest absolute Gasteiger partial charge is 0.251 e. The summed E-state index contributed by atoms with van der Waals surface area (Å²) in [5.74, 6) is 1.86. The number of carbonyl (C=O) groups is 2. The summed E-state index contributed by atoms with van der Waals surface area (Å²) in [6.07, 6.45) is 7.85. The van der Waals surface area contributed by atoms with E-state index in [0.29, 0.717) is 40.4 Å². The maximum atomic E-state index is 14.2. The number of methoxy groups -OCH3 is 1. The van der Waals surface area contributed by atoms with E-state index in [1.807, 2.05) is 42.5 Å². The van der Waals surface area contributed by atoms with E-state index < -0.39 is 24.2 Å². The van der Waals surface area contributed by atoms with Crippen molar-refractivity contribution in [1.82, 2.24) is 20.6 Å². The number of hydrogen-bond acceptors (Lipinski definition) is 8. The van der Waals surface area contributed by atoms with E-state index in [4.69, 9.17) is 9.57 Å². The van der Waals surface area contributed by atoms with Crippen LogP contribution in [0, 0.1) is 35.0 Å². The van der Waals surface area contributed by atoms with Crippen molar-refractivity contribution >= 4 is 11.8 Å². The zero-order valence-electron chi connectivity index (χ0n) is 33.0. The molecule has 4 N–H and O–H groups in total. The summed E-state index contributed by atoms with van der Waals surface area (Å²) in [7, 11) is 5.73. The van der Waals surface area contributed by atoms with E-state index in [-0.39, 0.29) is 37.0 Å². The van der Waals surface area contributed by atoms with Crippen LogP contribution < -0.4 is 15.4 Å². The second-order valence-corrected chi connectivity index (χ2v) is 17.5. The van der Waals surface area contributed by atoms with Crippen molar-refractivity contribution in [3.63, 3.8) is 0 Å². The monoisotopic (exact) mass is 732 g/mol. The molecule has 4 aliphatic carbocycles. The van der Waals surface area contributed by atoms with Crippen LogP contribution in [0.5, 0.6) is 5.75 Å². The Morgan fingerprint density at radius 1 is 1.09 bits per heavy atom. The third-order valence-corrected chi connectivity index (χ3v) is 13.4. The minimum atomic E-state index is -0.883. The lowest BCUT2D eigenvalue weighted by Crippen LogP contribution is -2.62. The molecule has 292 valence electrons. The number of aliphatic hydroxyl groups excluding tert-OH is 2. The second kappa shape index (κ2) is 16.8. The summed E-state index contributed by atoms with van der Waals surface area (Å²) in [5, 5.41) is 29.6. The highest BCUT2D eigenvalue weighted by atomic mass is 16.7. The van der Waals surface area contributed by atoms with Crippen LogP contribution in [0.15, 0.2) is 42.5 Å². The molecular formula is C43H64N4O6. The molecule has 10 nitrogen and oxygen atoms in total. The first-order valence-electron chi connectivity index (χ1n) is 20.1. The number of rotatable bonds is 14. The second-order valence-electron chi connectivity index (χ2n) is 17.5. The Balaban J connectivity index is 1.21.